The van der Waals surface area contributed by atoms with Gasteiger partial charge in [-0.2, -0.15) is 5.26 Å². The lowest BCUT2D eigenvalue weighted by atomic mass is 10.1. The van der Waals surface area contributed by atoms with Crippen LogP contribution in [0.4, 0.5) is 17.3 Å². The molecule has 1 aliphatic rings. The topological polar surface area (TPSA) is 122 Å². The SMILES string of the molecule is COC(=O)c1c(C#N)cc(NC2COCC2N)nc1Nc1cccc(C)c1. The van der Waals surface area contributed by atoms with Gasteiger partial charge < -0.3 is 25.8 Å². The van der Waals surface area contributed by atoms with Crippen molar-refractivity contribution in [2.75, 3.05) is 31.0 Å². The van der Waals surface area contributed by atoms with Gasteiger partial charge in [-0.05, 0) is 30.7 Å². The lowest BCUT2D eigenvalue weighted by Crippen LogP contribution is -2.39. The summed E-state index contributed by atoms with van der Waals surface area (Å²) in [5.74, 6) is 0.0310. The summed E-state index contributed by atoms with van der Waals surface area (Å²) in [6.07, 6.45) is 0. The average Bonchev–Trinajstić information content (AvgIpc) is 3.05. The highest BCUT2D eigenvalue weighted by molar-refractivity contribution is 5.98. The zero-order chi connectivity index (χ0) is 19.4. The Labute approximate surface area is 157 Å². The van der Waals surface area contributed by atoms with Crippen LogP contribution in [0.2, 0.25) is 0 Å². The number of ether oxygens (including phenoxy) is 2. The second-order valence-corrected chi connectivity index (χ2v) is 6.33. The van der Waals surface area contributed by atoms with Gasteiger partial charge in [0.15, 0.2) is 0 Å². The van der Waals surface area contributed by atoms with E-state index in [4.69, 9.17) is 15.2 Å². The maximum Gasteiger partial charge on any atom is 0.343 e. The van der Waals surface area contributed by atoms with Gasteiger partial charge in [-0.25, -0.2) is 9.78 Å². The molecule has 8 nitrogen and oxygen atoms in total. The van der Waals surface area contributed by atoms with Crippen molar-refractivity contribution in [1.82, 2.24) is 4.98 Å². The summed E-state index contributed by atoms with van der Waals surface area (Å²) in [5, 5.41) is 15.8. The number of hydrogen-bond donors (Lipinski definition) is 3. The third kappa shape index (κ3) is 4.16. The molecule has 2 unspecified atom stereocenters. The first-order valence-electron chi connectivity index (χ1n) is 8.49. The van der Waals surface area contributed by atoms with Gasteiger partial charge in [0.2, 0.25) is 0 Å². The van der Waals surface area contributed by atoms with Gasteiger partial charge in [-0.3, -0.25) is 0 Å². The lowest BCUT2D eigenvalue weighted by molar-refractivity contribution is 0.0601. The monoisotopic (exact) mass is 367 g/mol. The molecule has 1 fully saturated rings. The van der Waals surface area contributed by atoms with E-state index in [1.54, 1.807) is 0 Å². The number of nitrogens with two attached hydrogens (primary N) is 1. The molecule has 1 aromatic carbocycles. The summed E-state index contributed by atoms with van der Waals surface area (Å²) in [6, 6.07) is 10.9. The molecule has 1 aromatic heterocycles. The minimum absolute atomic E-state index is 0.0824. The highest BCUT2D eigenvalue weighted by Crippen LogP contribution is 2.27. The van der Waals surface area contributed by atoms with E-state index in [1.807, 2.05) is 37.3 Å². The number of nitrogens with zero attached hydrogens (tertiary/aromatic N) is 2. The van der Waals surface area contributed by atoms with Crippen LogP contribution in [0, 0.1) is 18.3 Å². The van der Waals surface area contributed by atoms with Crippen LogP contribution in [-0.2, 0) is 9.47 Å². The van der Waals surface area contributed by atoms with E-state index in [9.17, 15) is 10.1 Å². The highest BCUT2D eigenvalue weighted by atomic mass is 16.5. The Morgan fingerprint density at radius 2 is 2.22 bits per heavy atom. The van der Waals surface area contributed by atoms with Crippen molar-refractivity contribution < 1.29 is 14.3 Å². The highest BCUT2D eigenvalue weighted by Gasteiger charge is 2.27. The number of rotatable bonds is 5. The fraction of sp³-hybridized carbons (Fsp3) is 0.316. The third-order valence-electron chi connectivity index (χ3n) is 4.27. The van der Waals surface area contributed by atoms with Crippen LogP contribution in [-0.4, -0.2) is 43.4 Å². The second-order valence-electron chi connectivity index (χ2n) is 6.33. The maximum atomic E-state index is 12.3. The number of aromatic nitrogens is 1. The number of esters is 1. The molecule has 0 saturated carbocycles. The quantitative estimate of drug-likeness (QED) is 0.685. The number of methoxy groups -OCH3 is 1. The summed E-state index contributed by atoms with van der Waals surface area (Å²) < 4.78 is 10.2. The molecule has 27 heavy (non-hydrogen) atoms. The van der Waals surface area contributed by atoms with Gasteiger partial charge in [0.05, 0.1) is 38.0 Å². The lowest BCUT2D eigenvalue weighted by Gasteiger charge is -2.18. The predicted molar refractivity (Wildman–Crippen MR) is 101 cm³/mol. The Bertz CT molecular complexity index is 893. The van der Waals surface area contributed by atoms with Crippen molar-refractivity contribution in [3.63, 3.8) is 0 Å². The number of carbonyl (C=O) groups excluding carboxylic acids is 1. The van der Waals surface area contributed by atoms with Crippen LogP contribution in [0.1, 0.15) is 21.5 Å². The number of anilines is 3. The molecule has 2 atom stereocenters. The molecule has 2 heterocycles. The van der Waals surface area contributed by atoms with Gasteiger partial charge in [0.25, 0.3) is 0 Å². The van der Waals surface area contributed by atoms with Crippen molar-refractivity contribution in [3.8, 4) is 6.07 Å². The Hall–Kier alpha value is -3.15. The van der Waals surface area contributed by atoms with E-state index in [1.165, 1.54) is 13.2 Å². The van der Waals surface area contributed by atoms with Gasteiger partial charge in [0, 0.05) is 5.69 Å². The molecule has 0 aliphatic carbocycles. The minimum atomic E-state index is -0.637. The molecular weight excluding hydrogens is 346 g/mol. The first kappa shape index (κ1) is 18.6. The summed E-state index contributed by atoms with van der Waals surface area (Å²) in [4.78, 5) is 16.8. The zero-order valence-corrected chi connectivity index (χ0v) is 15.2. The third-order valence-corrected chi connectivity index (χ3v) is 4.27. The fourth-order valence-corrected chi connectivity index (χ4v) is 2.88. The molecule has 1 aliphatic heterocycles. The van der Waals surface area contributed by atoms with E-state index in [2.05, 4.69) is 15.6 Å². The van der Waals surface area contributed by atoms with Gasteiger partial charge in [-0.15, -0.1) is 0 Å². The predicted octanol–water partition coefficient (Wildman–Crippen LogP) is 1.93. The number of carbonyl (C=O) groups is 1. The number of aryl methyl sites for hydroxylation is 1. The van der Waals surface area contributed by atoms with Gasteiger partial charge in [-0.1, -0.05) is 12.1 Å². The van der Waals surface area contributed by atoms with E-state index >= 15 is 0 Å². The van der Waals surface area contributed by atoms with Crippen molar-refractivity contribution in [2.45, 2.75) is 19.0 Å². The zero-order valence-electron chi connectivity index (χ0n) is 15.2. The van der Waals surface area contributed by atoms with Crippen LogP contribution in [0.25, 0.3) is 0 Å². The molecule has 8 heteroatoms. The van der Waals surface area contributed by atoms with Crippen molar-refractivity contribution in [1.29, 1.82) is 5.26 Å². The smallest absolute Gasteiger partial charge is 0.343 e. The molecular formula is C19H21N5O3. The second kappa shape index (κ2) is 8.03. The van der Waals surface area contributed by atoms with Crippen LogP contribution >= 0.6 is 0 Å². The summed E-state index contributed by atoms with van der Waals surface area (Å²) in [6.45, 7) is 2.86. The molecule has 140 valence electrons. The molecule has 0 amide bonds. The Balaban J connectivity index is 2.02. The van der Waals surface area contributed by atoms with Gasteiger partial charge >= 0.3 is 5.97 Å². The first-order chi connectivity index (χ1) is 13.0. The van der Waals surface area contributed by atoms with Gasteiger partial charge in [0.1, 0.15) is 23.3 Å². The molecule has 0 radical (unpaired) electrons. The number of benzene rings is 1. The number of pyridine rings is 1. The molecule has 2 aromatic rings. The number of nitriles is 1. The van der Waals surface area contributed by atoms with E-state index in [-0.39, 0.29) is 29.0 Å². The summed E-state index contributed by atoms with van der Waals surface area (Å²) in [5.41, 5.74) is 8.03. The Kier molecular flexibility index (Phi) is 5.54. The van der Waals surface area contributed by atoms with Crippen LogP contribution in [0.15, 0.2) is 30.3 Å². The summed E-state index contributed by atoms with van der Waals surface area (Å²) in [7, 11) is 1.26. The van der Waals surface area contributed by atoms with Crippen molar-refractivity contribution in [2.24, 2.45) is 5.73 Å². The fourth-order valence-electron chi connectivity index (χ4n) is 2.88. The van der Waals surface area contributed by atoms with Crippen LogP contribution < -0.4 is 16.4 Å². The maximum absolute atomic E-state index is 12.3. The largest absolute Gasteiger partial charge is 0.465 e. The Morgan fingerprint density at radius 3 is 2.85 bits per heavy atom. The molecule has 4 N–H and O–H groups in total. The van der Waals surface area contributed by atoms with E-state index in [0.29, 0.717) is 19.0 Å². The normalized spacial score (nSPS) is 18.6. The van der Waals surface area contributed by atoms with E-state index < -0.39 is 5.97 Å². The molecule has 0 bridgehead atoms. The molecule has 0 spiro atoms. The first-order valence-corrected chi connectivity index (χ1v) is 8.49. The van der Waals surface area contributed by atoms with Crippen LogP contribution in [0.3, 0.4) is 0 Å². The molecule has 1 saturated heterocycles. The van der Waals surface area contributed by atoms with Crippen LogP contribution in [0.5, 0.6) is 0 Å². The minimum Gasteiger partial charge on any atom is -0.465 e. The standard InChI is InChI=1S/C19H21N5O3/c1-11-4-3-5-13(6-11)22-18-17(19(25)26-2)12(8-20)7-16(24-18)23-15-10-27-9-14(15)21/h3-7,14-15H,9-10,21H2,1-2H3,(H2,22,23,24). The number of hydrogen-bond acceptors (Lipinski definition) is 8. The van der Waals surface area contributed by atoms with Crippen molar-refractivity contribution >= 4 is 23.3 Å². The van der Waals surface area contributed by atoms with Crippen molar-refractivity contribution in [3.05, 3.63) is 47.0 Å². The molecule has 3 rings (SSSR count). The average molecular weight is 367 g/mol. The summed E-state index contributed by atoms with van der Waals surface area (Å²) >= 11 is 0. The Morgan fingerprint density at radius 1 is 1.41 bits per heavy atom. The number of nitrogens with one attached hydrogen (secondary N) is 2. The van der Waals surface area contributed by atoms with E-state index in [0.717, 1.165) is 11.3 Å².